The highest BCUT2D eigenvalue weighted by Gasteiger charge is 2.58. The van der Waals surface area contributed by atoms with E-state index < -0.39 is 30.1 Å². The van der Waals surface area contributed by atoms with Crippen LogP contribution in [0.3, 0.4) is 0 Å². The fourth-order valence-corrected chi connectivity index (χ4v) is 4.68. The molecule has 0 unspecified atom stereocenters. The number of hydrogen-bond donors (Lipinski definition) is 0. The van der Waals surface area contributed by atoms with Crippen molar-refractivity contribution in [1.82, 2.24) is 9.80 Å². The molecule has 0 aromatic heterocycles. The van der Waals surface area contributed by atoms with E-state index in [0.717, 1.165) is 21.6 Å². The lowest BCUT2D eigenvalue weighted by Crippen LogP contribution is -2.46. The summed E-state index contributed by atoms with van der Waals surface area (Å²) in [6, 6.07) is 11.0. The Morgan fingerprint density at radius 1 is 1.08 bits per heavy atom. The first kappa shape index (κ1) is 27.0. The number of rotatable bonds is 7. The van der Waals surface area contributed by atoms with Gasteiger partial charge in [-0.15, -0.1) is 0 Å². The van der Waals surface area contributed by atoms with E-state index in [0.29, 0.717) is 24.8 Å². The van der Waals surface area contributed by atoms with Crippen LogP contribution in [-0.2, 0) is 44.1 Å². The molecule has 192 valence electrons. The standard InChI is InChI=1S/C26H27FN2O5.C2H6/c1-16(2)28(14-18-4-7-21(27)8-5-18)23(31)15-29-24(32)26(34-25(29)33)11-10-20-13-19(12-17(3)30)6-9-22(20)26;1-2/h4-9,13,16H,10-12,14-15H2,1-3H3;1-2H3/t26-;/m1./s1. The van der Waals surface area contributed by atoms with Gasteiger partial charge in [-0.1, -0.05) is 44.2 Å². The lowest BCUT2D eigenvalue weighted by Gasteiger charge is -2.28. The number of ether oxygens (including phenoxy) is 1. The third kappa shape index (κ3) is 5.32. The number of hydrogen-bond acceptors (Lipinski definition) is 5. The van der Waals surface area contributed by atoms with E-state index in [1.807, 2.05) is 33.8 Å². The molecule has 2 aromatic rings. The fourth-order valence-electron chi connectivity index (χ4n) is 4.68. The molecule has 1 heterocycles. The summed E-state index contributed by atoms with van der Waals surface area (Å²) in [4.78, 5) is 53.1. The van der Waals surface area contributed by atoms with E-state index in [2.05, 4.69) is 0 Å². The van der Waals surface area contributed by atoms with Gasteiger partial charge >= 0.3 is 6.09 Å². The van der Waals surface area contributed by atoms with Gasteiger partial charge in [-0.05, 0) is 56.0 Å². The maximum atomic E-state index is 13.4. The summed E-state index contributed by atoms with van der Waals surface area (Å²) >= 11 is 0. The maximum absolute atomic E-state index is 13.4. The van der Waals surface area contributed by atoms with Crippen molar-refractivity contribution < 1.29 is 28.3 Å². The van der Waals surface area contributed by atoms with Crippen molar-refractivity contribution in [2.45, 2.75) is 72.1 Å². The minimum Gasteiger partial charge on any atom is -0.427 e. The average Bonchev–Trinajstić information content (AvgIpc) is 3.31. The SMILES string of the molecule is CC.CC(=O)Cc1ccc2c(c1)CC[C@@]21OC(=O)N(CC(=O)N(Cc2ccc(F)cc2)C(C)C)C1=O. The van der Waals surface area contributed by atoms with Crippen LogP contribution in [0.25, 0.3) is 0 Å². The van der Waals surface area contributed by atoms with Crippen LogP contribution in [0, 0.1) is 5.82 Å². The second-order valence-electron chi connectivity index (χ2n) is 9.20. The highest BCUT2D eigenvalue weighted by atomic mass is 19.1. The number of Topliss-reactive ketones (excluding diaryl/α,β-unsaturated/α-hetero) is 1. The second-order valence-corrected chi connectivity index (χ2v) is 9.20. The molecular weight excluding hydrogens is 463 g/mol. The molecular formula is C28H33FN2O5. The number of carbonyl (C=O) groups is 4. The van der Waals surface area contributed by atoms with Crippen LogP contribution in [0.15, 0.2) is 42.5 Å². The number of carbonyl (C=O) groups excluding carboxylic acids is 4. The Balaban J connectivity index is 0.00000176. The lowest BCUT2D eigenvalue weighted by atomic mass is 9.93. The van der Waals surface area contributed by atoms with E-state index in [1.54, 1.807) is 24.3 Å². The second kappa shape index (κ2) is 11.0. The van der Waals surface area contributed by atoms with E-state index >= 15 is 0 Å². The highest BCUT2D eigenvalue weighted by Crippen LogP contribution is 2.45. The number of ketones is 1. The van der Waals surface area contributed by atoms with Crippen LogP contribution >= 0.6 is 0 Å². The Morgan fingerprint density at radius 3 is 2.33 bits per heavy atom. The molecule has 4 rings (SSSR count). The Labute approximate surface area is 211 Å². The first-order valence-corrected chi connectivity index (χ1v) is 12.3. The molecule has 1 saturated heterocycles. The Kier molecular flexibility index (Phi) is 8.28. The van der Waals surface area contributed by atoms with Gasteiger partial charge in [-0.2, -0.15) is 0 Å². The van der Waals surface area contributed by atoms with Crippen molar-refractivity contribution in [1.29, 1.82) is 0 Å². The van der Waals surface area contributed by atoms with Crippen molar-refractivity contribution >= 4 is 23.7 Å². The first-order valence-electron chi connectivity index (χ1n) is 12.3. The molecule has 1 fully saturated rings. The van der Waals surface area contributed by atoms with Crippen LogP contribution < -0.4 is 0 Å². The van der Waals surface area contributed by atoms with Crippen LogP contribution in [-0.4, -0.2) is 46.1 Å². The quantitative estimate of drug-likeness (QED) is 0.562. The van der Waals surface area contributed by atoms with E-state index in [4.69, 9.17) is 4.74 Å². The van der Waals surface area contributed by atoms with Gasteiger partial charge in [-0.25, -0.2) is 14.1 Å². The van der Waals surface area contributed by atoms with Gasteiger partial charge in [0.25, 0.3) is 5.91 Å². The average molecular weight is 497 g/mol. The summed E-state index contributed by atoms with van der Waals surface area (Å²) < 4.78 is 18.8. The molecule has 0 saturated carbocycles. The zero-order valence-electron chi connectivity index (χ0n) is 21.5. The third-order valence-electron chi connectivity index (χ3n) is 6.38. The number of fused-ring (bicyclic) bond motifs is 2. The van der Waals surface area contributed by atoms with Crippen molar-refractivity contribution in [3.63, 3.8) is 0 Å². The zero-order valence-corrected chi connectivity index (χ0v) is 21.5. The predicted octanol–water partition coefficient (Wildman–Crippen LogP) is 4.54. The predicted molar refractivity (Wildman–Crippen MR) is 132 cm³/mol. The van der Waals surface area contributed by atoms with Gasteiger partial charge in [0.1, 0.15) is 18.1 Å². The van der Waals surface area contributed by atoms with Crippen molar-refractivity contribution in [3.05, 3.63) is 70.5 Å². The number of amides is 3. The van der Waals surface area contributed by atoms with Gasteiger partial charge < -0.3 is 9.64 Å². The van der Waals surface area contributed by atoms with E-state index in [9.17, 15) is 23.6 Å². The molecule has 1 atom stereocenters. The van der Waals surface area contributed by atoms with Crippen LogP contribution in [0.2, 0.25) is 0 Å². The summed E-state index contributed by atoms with van der Waals surface area (Å²) in [6.07, 6.45) is 0.285. The molecule has 1 spiro atoms. The molecule has 8 heteroatoms. The molecule has 1 aliphatic heterocycles. The van der Waals surface area contributed by atoms with Crippen molar-refractivity contribution in [2.24, 2.45) is 0 Å². The molecule has 0 N–H and O–H groups in total. The molecule has 7 nitrogen and oxygen atoms in total. The van der Waals surface area contributed by atoms with Gasteiger partial charge in [0.05, 0.1) is 0 Å². The first-order chi connectivity index (χ1) is 17.1. The monoisotopic (exact) mass is 496 g/mol. The van der Waals surface area contributed by atoms with Crippen molar-refractivity contribution in [2.75, 3.05) is 6.54 Å². The summed E-state index contributed by atoms with van der Waals surface area (Å²) in [7, 11) is 0. The number of aryl methyl sites for hydroxylation is 1. The van der Waals surface area contributed by atoms with Gasteiger partial charge in [-0.3, -0.25) is 14.4 Å². The topological polar surface area (TPSA) is 84.0 Å². The van der Waals surface area contributed by atoms with Gasteiger partial charge in [0.2, 0.25) is 11.5 Å². The summed E-state index contributed by atoms with van der Waals surface area (Å²) in [5.74, 6) is -1.28. The zero-order chi connectivity index (χ0) is 26.6. The van der Waals surface area contributed by atoms with Gasteiger partial charge in [0.15, 0.2) is 0 Å². The minimum absolute atomic E-state index is 0.0380. The molecule has 1 aliphatic carbocycles. The van der Waals surface area contributed by atoms with Crippen LogP contribution in [0.5, 0.6) is 0 Å². The fraction of sp³-hybridized carbons (Fsp3) is 0.429. The highest BCUT2D eigenvalue weighted by molar-refractivity contribution is 6.06. The summed E-state index contributed by atoms with van der Waals surface area (Å²) in [5.41, 5.74) is 1.64. The molecule has 3 amide bonds. The maximum Gasteiger partial charge on any atom is 0.418 e. The van der Waals surface area contributed by atoms with E-state index in [-0.39, 0.29) is 24.2 Å². The molecule has 2 aliphatic rings. The normalized spacial score (nSPS) is 18.1. The van der Waals surface area contributed by atoms with Crippen molar-refractivity contribution in [3.8, 4) is 0 Å². The number of halogens is 1. The molecule has 2 aromatic carbocycles. The smallest absolute Gasteiger partial charge is 0.418 e. The Hall–Kier alpha value is -3.55. The summed E-state index contributed by atoms with van der Waals surface area (Å²) in [5, 5.41) is 0. The largest absolute Gasteiger partial charge is 0.427 e. The number of benzene rings is 2. The van der Waals surface area contributed by atoms with Crippen LogP contribution in [0.1, 0.15) is 63.3 Å². The Morgan fingerprint density at radius 2 is 1.72 bits per heavy atom. The van der Waals surface area contributed by atoms with Crippen LogP contribution in [0.4, 0.5) is 9.18 Å². The molecule has 36 heavy (non-hydrogen) atoms. The van der Waals surface area contributed by atoms with E-state index in [1.165, 1.54) is 24.0 Å². The van der Waals surface area contributed by atoms with Gasteiger partial charge in [0, 0.05) is 31.0 Å². The molecule has 0 bridgehead atoms. The molecule has 0 radical (unpaired) electrons. The number of imide groups is 1. The third-order valence-corrected chi connectivity index (χ3v) is 6.38. The number of nitrogens with zero attached hydrogens (tertiary/aromatic N) is 2. The minimum atomic E-state index is -1.43. The lowest BCUT2D eigenvalue weighted by molar-refractivity contribution is -0.142. The summed E-state index contributed by atoms with van der Waals surface area (Å²) in [6.45, 7) is 8.97. The Bertz CT molecular complexity index is 1160.